The Morgan fingerprint density at radius 2 is 2.12 bits per heavy atom. The van der Waals surface area contributed by atoms with E-state index in [1.165, 1.54) is 0 Å². The molecule has 0 saturated heterocycles. The van der Waals surface area contributed by atoms with Crippen molar-refractivity contribution in [3.05, 3.63) is 23.8 Å². The van der Waals surface area contributed by atoms with Gasteiger partial charge in [-0.05, 0) is 6.92 Å². The molecule has 0 aliphatic rings. The van der Waals surface area contributed by atoms with E-state index >= 15 is 0 Å². The summed E-state index contributed by atoms with van der Waals surface area (Å²) >= 11 is 0. The topological polar surface area (TPSA) is 58.1 Å². The van der Waals surface area contributed by atoms with Gasteiger partial charge in [0, 0.05) is 46.0 Å². The average Bonchev–Trinajstić information content (AvgIpc) is 2.26. The van der Waals surface area contributed by atoms with Crippen LogP contribution in [0, 0.1) is 6.92 Å². The first-order valence-electron chi connectivity index (χ1n) is 5.28. The molecule has 0 bridgehead atoms. The molecular formula is C11H18N4O. The summed E-state index contributed by atoms with van der Waals surface area (Å²) < 4.78 is 0. The van der Waals surface area contributed by atoms with Crippen LogP contribution in [0.3, 0.4) is 0 Å². The molecule has 16 heavy (non-hydrogen) atoms. The minimum Gasteiger partial charge on any atom is -0.349 e. The van der Waals surface area contributed by atoms with Crippen molar-refractivity contribution in [3.63, 3.8) is 0 Å². The van der Waals surface area contributed by atoms with Gasteiger partial charge in [-0.1, -0.05) is 0 Å². The molecule has 1 aromatic heterocycles. The Kier molecular flexibility index (Phi) is 4.85. The van der Waals surface area contributed by atoms with Crippen LogP contribution < -0.4 is 5.32 Å². The normalized spacial score (nSPS) is 10.2. The number of carbonyl (C=O) groups excluding carboxylic acids is 1. The van der Waals surface area contributed by atoms with E-state index in [2.05, 4.69) is 15.3 Å². The van der Waals surface area contributed by atoms with Gasteiger partial charge in [0.05, 0.1) is 11.4 Å². The lowest BCUT2D eigenvalue weighted by atomic mass is 10.3. The smallest absolute Gasteiger partial charge is 0.223 e. The first kappa shape index (κ1) is 12.6. The summed E-state index contributed by atoms with van der Waals surface area (Å²) in [5.74, 6) is 0.127. The van der Waals surface area contributed by atoms with E-state index in [1.54, 1.807) is 31.4 Å². The van der Waals surface area contributed by atoms with Gasteiger partial charge in [0.25, 0.3) is 0 Å². The molecule has 0 aliphatic carbocycles. The summed E-state index contributed by atoms with van der Waals surface area (Å²) in [6.45, 7) is 3.21. The van der Waals surface area contributed by atoms with Crippen LogP contribution in [0.15, 0.2) is 12.4 Å². The van der Waals surface area contributed by atoms with Gasteiger partial charge < -0.3 is 10.2 Å². The van der Waals surface area contributed by atoms with Crippen molar-refractivity contribution in [2.45, 2.75) is 19.9 Å². The first-order valence-corrected chi connectivity index (χ1v) is 5.28. The number of nitrogens with zero attached hydrogens (tertiary/aromatic N) is 3. The Morgan fingerprint density at radius 1 is 1.38 bits per heavy atom. The van der Waals surface area contributed by atoms with E-state index in [4.69, 9.17) is 0 Å². The summed E-state index contributed by atoms with van der Waals surface area (Å²) in [5, 5.41) is 3.16. The lowest BCUT2D eigenvalue weighted by Gasteiger charge is -2.10. The zero-order valence-electron chi connectivity index (χ0n) is 10.0. The number of aryl methyl sites for hydroxylation is 1. The lowest BCUT2D eigenvalue weighted by molar-refractivity contribution is -0.128. The SMILES string of the molecule is Cc1cnc(CNCCC(=O)N(C)C)cn1. The molecule has 88 valence electrons. The number of rotatable bonds is 5. The predicted molar refractivity (Wildman–Crippen MR) is 61.8 cm³/mol. The molecular weight excluding hydrogens is 204 g/mol. The maximum atomic E-state index is 11.3. The van der Waals surface area contributed by atoms with Gasteiger partial charge in [-0.3, -0.25) is 14.8 Å². The molecule has 0 fully saturated rings. The molecule has 0 unspecified atom stereocenters. The number of aromatic nitrogens is 2. The highest BCUT2D eigenvalue weighted by molar-refractivity contribution is 5.75. The van der Waals surface area contributed by atoms with Crippen LogP contribution >= 0.6 is 0 Å². The zero-order valence-corrected chi connectivity index (χ0v) is 10.0. The number of hydrogen-bond donors (Lipinski definition) is 1. The minimum atomic E-state index is 0.127. The Labute approximate surface area is 95.9 Å². The number of hydrogen-bond acceptors (Lipinski definition) is 4. The molecule has 0 aliphatic heterocycles. The fraction of sp³-hybridized carbons (Fsp3) is 0.545. The quantitative estimate of drug-likeness (QED) is 0.730. The largest absolute Gasteiger partial charge is 0.349 e. The summed E-state index contributed by atoms with van der Waals surface area (Å²) in [4.78, 5) is 21.2. The van der Waals surface area contributed by atoms with E-state index in [0.717, 1.165) is 11.4 Å². The van der Waals surface area contributed by atoms with E-state index in [9.17, 15) is 4.79 Å². The summed E-state index contributed by atoms with van der Waals surface area (Å²) in [7, 11) is 3.52. The monoisotopic (exact) mass is 222 g/mol. The molecule has 5 nitrogen and oxygen atoms in total. The molecule has 0 spiro atoms. The molecule has 1 N–H and O–H groups in total. The molecule has 0 atom stereocenters. The van der Waals surface area contributed by atoms with E-state index in [0.29, 0.717) is 19.5 Å². The van der Waals surface area contributed by atoms with Crippen molar-refractivity contribution in [1.29, 1.82) is 0 Å². The number of amides is 1. The molecule has 1 rings (SSSR count). The molecule has 1 aromatic rings. The third-order valence-electron chi connectivity index (χ3n) is 2.15. The maximum Gasteiger partial charge on any atom is 0.223 e. The van der Waals surface area contributed by atoms with Gasteiger partial charge in [-0.15, -0.1) is 0 Å². The van der Waals surface area contributed by atoms with Gasteiger partial charge >= 0.3 is 0 Å². The van der Waals surface area contributed by atoms with Crippen LogP contribution in [-0.2, 0) is 11.3 Å². The Bertz CT molecular complexity index is 334. The third kappa shape index (κ3) is 4.35. The number of nitrogens with one attached hydrogen (secondary N) is 1. The highest BCUT2D eigenvalue weighted by Crippen LogP contribution is 1.93. The van der Waals surface area contributed by atoms with Gasteiger partial charge in [0.1, 0.15) is 0 Å². The van der Waals surface area contributed by atoms with Crippen molar-refractivity contribution in [1.82, 2.24) is 20.2 Å². The second-order valence-electron chi connectivity index (χ2n) is 3.86. The van der Waals surface area contributed by atoms with Crippen LogP contribution in [0.25, 0.3) is 0 Å². The lowest BCUT2D eigenvalue weighted by Crippen LogP contribution is -2.26. The summed E-state index contributed by atoms with van der Waals surface area (Å²) in [5.41, 5.74) is 1.80. The summed E-state index contributed by atoms with van der Waals surface area (Å²) in [6.07, 6.45) is 3.99. The highest BCUT2D eigenvalue weighted by atomic mass is 16.2. The fourth-order valence-electron chi connectivity index (χ4n) is 1.15. The van der Waals surface area contributed by atoms with Crippen LogP contribution in [0.5, 0.6) is 0 Å². The minimum absolute atomic E-state index is 0.127. The Hall–Kier alpha value is -1.49. The zero-order chi connectivity index (χ0) is 12.0. The van der Waals surface area contributed by atoms with Gasteiger partial charge in [0.15, 0.2) is 0 Å². The average molecular weight is 222 g/mol. The molecule has 5 heteroatoms. The van der Waals surface area contributed by atoms with Crippen LogP contribution in [0.2, 0.25) is 0 Å². The van der Waals surface area contributed by atoms with Crippen LogP contribution in [0.1, 0.15) is 17.8 Å². The van der Waals surface area contributed by atoms with Crippen LogP contribution in [0.4, 0.5) is 0 Å². The number of carbonyl (C=O) groups is 1. The Balaban J connectivity index is 2.21. The third-order valence-corrected chi connectivity index (χ3v) is 2.15. The van der Waals surface area contributed by atoms with Crippen LogP contribution in [-0.4, -0.2) is 41.4 Å². The highest BCUT2D eigenvalue weighted by Gasteiger charge is 2.02. The maximum absolute atomic E-state index is 11.3. The van der Waals surface area contributed by atoms with E-state index in [-0.39, 0.29) is 5.91 Å². The van der Waals surface area contributed by atoms with Gasteiger partial charge in [-0.25, -0.2) is 0 Å². The molecule has 1 amide bonds. The van der Waals surface area contributed by atoms with Crippen molar-refractivity contribution in [2.75, 3.05) is 20.6 Å². The molecule has 0 radical (unpaired) electrons. The fourth-order valence-corrected chi connectivity index (χ4v) is 1.15. The molecule has 0 saturated carbocycles. The van der Waals surface area contributed by atoms with Crippen molar-refractivity contribution in [2.24, 2.45) is 0 Å². The van der Waals surface area contributed by atoms with Crippen molar-refractivity contribution >= 4 is 5.91 Å². The van der Waals surface area contributed by atoms with Gasteiger partial charge in [0.2, 0.25) is 5.91 Å². The standard InChI is InChI=1S/C11H18N4O/c1-9-6-14-10(8-13-9)7-12-5-4-11(16)15(2)3/h6,8,12H,4-5,7H2,1-3H3. The second kappa shape index (κ2) is 6.17. The Morgan fingerprint density at radius 3 is 2.69 bits per heavy atom. The van der Waals surface area contributed by atoms with Crippen molar-refractivity contribution in [3.8, 4) is 0 Å². The second-order valence-corrected chi connectivity index (χ2v) is 3.86. The molecule has 1 heterocycles. The van der Waals surface area contributed by atoms with E-state index in [1.807, 2.05) is 6.92 Å². The predicted octanol–water partition coefficient (Wildman–Crippen LogP) is 0.353. The molecule has 0 aromatic carbocycles. The van der Waals surface area contributed by atoms with Gasteiger partial charge in [-0.2, -0.15) is 0 Å². The summed E-state index contributed by atoms with van der Waals surface area (Å²) in [6, 6.07) is 0. The first-order chi connectivity index (χ1) is 7.59. The van der Waals surface area contributed by atoms with E-state index < -0.39 is 0 Å². The van der Waals surface area contributed by atoms with Crippen molar-refractivity contribution < 1.29 is 4.79 Å².